The van der Waals surface area contributed by atoms with Gasteiger partial charge in [0.1, 0.15) is 5.82 Å². The van der Waals surface area contributed by atoms with Crippen LogP contribution < -0.4 is 0 Å². The predicted octanol–water partition coefficient (Wildman–Crippen LogP) is 4.35. The second-order valence-corrected chi connectivity index (χ2v) is 5.74. The van der Waals surface area contributed by atoms with E-state index in [9.17, 15) is 0 Å². The van der Waals surface area contributed by atoms with Crippen LogP contribution in [-0.2, 0) is 12.8 Å². The van der Waals surface area contributed by atoms with E-state index in [1.165, 1.54) is 11.1 Å². The van der Waals surface area contributed by atoms with E-state index in [1.54, 1.807) is 0 Å². The summed E-state index contributed by atoms with van der Waals surface area (Å²) in [4.78, 5) is 7.86. The van der Waals surface area contributed by atoms with E-state index in [0.717, 1.165) is 28.8 Å². The molecule has 2 nitrogen and oxygen atoms in total. The minimum atomic E-state index is 0.848. The van der Waals surface area contributed by atoms with Crippen LogP contribution in [0.3, 0.4) is 0 Å². The highest BCUT2D eigenvalue weighted by molar-refractivity contribution is 9.10. The highest BCUT2D eigenvalue weighted by atomic mass is 79.9. The molecule has 1 heterocycles. The predicted molar refractivity (Wildman–Crippen MR) is 84.8 cm³/mol. The van der Waals surface area contributed by atoms with Crippen molar-refractivity contribution in [1.29, 1.82) is 0 Å². The van der Waals surface area contributed by atoms with Crippen LogP contribution in [-0.4, -0.2) is 9.97 Å². The van der Waals surface area contributed by atoms with Gasteiger partial charge < -0.3 is 4.98 Å². The summed E-state index contributed by atoms with van der Waals surface area (Å²) in [5.74, 6) is 1.02. The average molecular weight is 327 g/mol. The minimum absolute atomic E-state index is 0.848. The number of benzene rings is 2. The normalized spacial score (nSPS) is 10.7. The smallest absolute Gasteiger partial charge is 0.110 e. The van der Waals surface area contributed by atoms with Crippen LogP contribution >= 0.6 is 15.9 Å². The summed E-state index contributed by atoms with van der Waals surface area (Å²) < 4.78 is 1.11. The topological polar surface area (TPSA) is 28.7 Å². The maximum Gasteiger partial charge on any atom is 0.110 e. The third-order valence-corrected chi connectivity index (χ3v) is 3.73. The second-order valence-electron chi connectivity index (χ2n) is 4.82. The lowest BCUT2D eigenvalue weighted by atomic mass is 10.1. The summed E-state index contributed by atoms with van der Waals surface area (Å²) >= 11 is 3.45. The fraction of sp³-hybridized carbons (Fsp3) is 0.118. The molecule has 3 aromatic rings. The molecule has 0 atom stereocenters. The molecule has 0 saturated carbocycles. The summed E-state index contributed by atoms with van der Waals surface area (Å²) in [7, 11) is 0. The van der Waals surface area contributed by atoms with Gasteiger partial charge in [-0.2, -0.15) is 0 Å². The molecule has 0 fully saturated rings. The number of hydrogen-bond donors (Lipinski definition) is 1. The van der Waals surface area contributed by atoms with Crippen LogP contribution in [0.4, 0.5) is 0 Å². The maximum atomic E-state index is 4.46. The van der Waals surface area contributed by atoms with E-state index >= 15 is 0 Å². The SMILES string of the molecule is Brc1ccc(Cc2cnc(Cc3ccccc3)[nH]2)cc1. The van der Waals surface area contributed by atoms with Gasteiger partial charge in [-0.1, -0.05) is 58.4 Å². The maximum absolute atomic E-state index is 4.46. The van der Waals surface area contributed by atoms with Gasteiger partial charge >= 0.3 is 0 Å². The Morgan fingerprint density at radius 1 is 0.850 bits per heavy atom. The fourth-order valence-corrected chi connectivity index (χ4v) is 2.46. The first-order chi connectivity index (χ1) is 9.79. The Bertz CT molecular complexity index is 672. The van der Waals surface area contributed by atoms with Crippen molar-refractivity contribution in [3.05, 3.63) is 87.9 Å². The number of aromatic nitrogens is 2. The van der Waals surface area contributed by atoms with Crippen molar-refractivity contribution < 1.29 is 0 Å². The first kappa shape index (κ1) is 13.1. The van der Waals surface area contributed by atoms with E-state index < -0.39 is 0 Å². The van der Waals surface area contributed by atoms with E-state index in [1.807, 2.05) is 12.3 Å². The zero-order valence-electron chi connectivity index (χ0n) is 11.0. The quantitative estimate of drug-likeness (QED) is 0.758. The molecule has 0 aliphatic carbocycles. The standard InChI is InChI=1S/C17H15BrN2/c18-15-8-6-14(7-9-15)10-16-12-19-17(20-16)11-13-4-2-1-3-5-13/h1-9,12H,10-11H2,(H,19,20). The van der Waals surface area contributed by atoms with Crippen molar-refractivity contribution in [2.75, 3.05) is 0 Å². The molecule has 0 bridgehead atoms. The number of rotatable bonds is 4. The molecule has 2 aromatic carbocycles. The van der Waals surface area contributed by atoms with Gasteiger partial charge in [-0.05, 0) is 23.3 Å². The molecule has 100 valence electrons. The number of hydrogen-bond acceptors (Lipinski definition) is 1. The lowest BCUT2D eigenvalue weighted by Gasteiger charge is -2.00. The lowest BCUT2D eigenvalue weighted by Crippen LogP contribution is -1.92. The first-order valence-electron chi connectivity index (χ1n) is 6.61. The summed E-state index contributed by atoms with van der Waals surface area (Å²) in [6.07, 6.45) is 3.66. The highest BCUT2D eigenvalue weighted by Crippen LogP contribution is 2.14. The number of halogens is 1. The molecule has 1 N–H and O–H groups in total. The molecular weight excluding hydrogens is 312 g/mol. The van der Waals surface area contributed by atoms with Gasteiger partial charge in [0.25, 0.3) is 0 Å². The molecule has 0 radical (unpaired) electrons. The Hall–Kier alpha value is -1.87. The van der Waals surface area contributed by atoms with Gasteiger partial charge in [0.2, 0.25) is 0 Å². The van der Waals surface area contributed by atoms with Crippen molar-refractivity contribution in [2.24, 2.45) is 0 Å². The largest absolute Gasteiger partial charge is 0.345 e. The average Bonchev–Trinajstić information content (AvgIpc) is 2.90. The van der Waals surface area contributed by atoms with Crippen molar-refractivity contribution in [3.8, 4) is 0 Å². The van der Waals surface area contributed by atoms with Gasteiger partial charge in [-0.3, -0.25) is 0 Å². The molecule has 20 heavy (non-hydrogen) atoms. The third kappa shape index (κ3) is 3.36. The number of aromatic amines is 1. The zero-order chi connectivity index (χ0) is 13.8. The van der Waals surface area contributed by atoms with Crippen LogP contribution in [0.15, 0.2) is 65.3 Å². The summed E-state index contributed by atoms with van der Waals surface area (Å²) in [6, 6.07) is 18.8. The van der Waals surface area contributed by atoms with Crippen molar-refractivity contribution >= 4 is 15.9 Å². The van der Waals surface area contributed by atoms with E-state index in [4.69, 9.17) is 0 Å². The fourth-order valence-electron chi connectivity index (χ4n) is 2.20. The van der Waals surface area contributed by atoms with Crippen LogP contribution in [0.1, 0.15) is 22.6 Å². The molecule has 3 heteroatoms. The number of nitrogens with one attached hydrogen (secondary N) is 1. The molecule has 0 aliphatic rings. The molecule has 0 saturated heterocycles. The third-order valence-electron chi connectivity index (χ3n) is 3.20. The molecule has 1 aromatic heterocycles. The first-order valence-corrected chi connectivity index (χ1v) is 7.40. The van der Waals surface area contributed by atoms with E-state index in [-0.39, 0.29) is 0 Å². The molecule has 0 aliphatic heterocycles. The Labute approximate surface area is 127 Å². The van der Waals surface area contributed by atoms with Gasteiger partial charge in [-0.15, -0.1) is 0 Å². The van der Waals surface area contributed by atoms with Gasteiger partial charge in [-0.25, -0.2) is 4.98 Å². The number of H-pyrrole nitrogens is 1. The van der Waals surface area contributed by atoms with Gasteiger partial charge in [0.15, 0.2) is 0 Å². The Morgan fingerprint density at radius 3 is 2.30 bits per heavy atom. The summed E-state index contributed by atoms with van der Waals surface area (Å²) in [5.41, 5.74) is 3.71. The Balaban J connectivity index is 1.69. The molecule has 0 spiro atoms. The number of nitrogens with zero attached hydrogens (tertiary/aromatic N) is 1. The lowest BCUT2D eigenvalue weighted by molar-refractivity contribution is 1.000. The zero-order valence-corrected chi connectivity index (χ0v) is 12.6. The number of imidazole rings is 1. The second kappa shape index (κ2) is 6.06. The Kier molecular flexibility index (Phi) is 3.97. The van der Waals surface area contributed by atoms with Crippen molar-refractivity contribution in [2.45, 2.75) is 12.8 Å². The molecule has 0 unspecified atom stereocenters. The summed E-state index contributed by atoms with van der Waals surface area (Å²) in [6.45, 7) is 0. The van der Waals surface area contributed by atoms with Gasteiger partial charge in [0, 0.05) is 29.2 Å². The van der Waals surface area contributed by atoms with E-state index in [0.29, 0.717) is 0 Å². The Morgan fingerprint density at radius 2 is 1.55 bits per heavy atom. The van der Waals surface area contributed by atoms with E-state index in [2.05, 4.69) is 74.4 Å². The molecule has 0 amide bonds. The highest BCUT2D eigenvalue weighted by Gasteiger charge is 2.03. The van der Waals surface area contributed by atoms with Crippen LogP contribution in [0.5, 0.6) is 0 Å². The van der Waals surface area contributed by atoms with Crippen LogP contribution in [0.2, 0.25) is 0 Å². The minimum Gasteiger partial charge on any atom is -0.345 e. The molecule has 3 rings (SSSR count). The summed E-state index contributed by atoms with van der Waals surface area (Å²) in [5, 5.41) is 0. The van der Waals surface area contributed by atoms with Crippen molar-refractivity contribution in [3.63, 3.8) is 0 Å². The van der Waals surface area contributed by atoms with Crippen LogP contribution in [0.25, 0.3) is 0 Å². The van der Waals surface area contributed by atoms with Crippen LogP contribution in [0, 0.1) is 0 Å². The van der Waals surface area contributed by atoms with Gasteiger partial charge in [0.05, 0.1) is 0 Å². The molecular formula is C17H15BrN2. The van der Waals surface area contributed by atoms with Crippen molar-refractivity contribution in [1.82, 2.24) is 9.97 Å². The monoisotopic (exact) mass is 326 g/mol.